The molecule has 5 nitrogen and oxygen atoms in total. The number of thioether (sulfide) groups is 1. The van der Waals surface area contributed by atoms with Crippen LogP contribution >= 0.6 is 11.8 Å². The molecule has 1 amide bonds. The molecule has 0 fully saturated rings. The lowest BCUT2D eigenvalue weighted by molar-refractivity contribution is -0.126. The van der Waals surface area contributed by atoms with E-state index in [1.54, 1.807) is 25.1 Å². The third-order valence-electron chi connectivity index (χ3n) is 3.84. The van der Waals surface area contributed by atoms with E-state index in [9.17, 15) is 4.79 Å². The van der Waals surface area contributed by atoms with Gasteiger partial charge in [0.1, 0.15) is 6.61 Å². The number of nitrogens with one attached hydrogen (secondary N) is 1. The van der Waals surface area contributed by atoms with Crippen molar-refractivity contribution in [3.05, 3.63) is 48.2 Å². The number of carbonyl (C=O) groups is 1. The molecule has 24 heavy (non-hydrogen) atoms. The largest absolute Gasteiger partial charge is 0.493 e. The van der Waals surface area contributed by atoms with Crippen molar-refractivity contribution in [1.29, 1.82) is 0 Å². The van der Waals surface area contributed by atoms with E-state index in [0.717, 1.165) is 27.8 Å². The first-order chi connectivity index (χ1) is 11.8. The summed E-state index contributed by atoms with van der Waals surface area (Å²) >= 11 is 1.63. The number of hydrogen-bond donors (Lipinski definition) is 1. The smallest absolute Gasteiger partial charge is 0.226 e. The van der Waals surface area contributed by atoms with Crippen LogP contribution in [0.4, 0.5) is 0 Å². The molecule has 0 saturated carbocycles. The van der Waals surface area contributed by atoms with Gasteiger partial charge in [0.15, 0.2) is 11.5 Å². The predicted molar refractivity (Wildman–Crippen MR) is 93.7 cm³/mol. The second-order valence-electron chi connectivity index (χ2n) is 5.47. The highest BCUT2D eigenvalue weighted by atomic mass is 32.2. The van der Waals surface area contributed by atoms with Crippen molar-refractivity contribution >= 4 is 17.7 Å². The first-order valence-electron chi connectivity index (χ1n) is 7.88. The van der Waals surface area contributed by atoms with Crippen LogP contribution < -0.4 is 14.8 Å². The number of fused-ring (bicyclic) bond motifs is 1. The molecule has 3 rings (SSSR count). The van der Waals surface area contributed by atoms with E-state index in [1.165, 1.54) is 0 Å². The van der Waals surface area contributed by atoms with Crippen LogP contribution in [0, 0.1) is 5.92 Å². The van der Waals surface area contributed by atoms with Crippen LogP contribution in [0.1, 0.15) is 5.56 Å². The van der Waals surface area contributed by atoms with E-state index < -0.39 is 0 Å². The molecular formula is C18H20N2O3S. The Bertz CT molecular complexity index is 694. The summed E-state index contributed by atoms with van der Waals surface area (Å²) in [5.74, 6) is 2.14. The average molecular weight is 344 g/mol. The van der Waals surface area contributed by atoms with Gasteiger partial charge in [0.2, 0.25) is 5.91 Å². The molecule has 1 aliphatic rings. The van der Waals surface area contributed by atoms with Crippen molar-refractivity contribution in [1.82, 2.24) is 10.3 Å². The Kier molecular flexibility index (Phi) is 5.59. The van der Waals surface area contributed by atoms with Crippen molar-refractivity contribution in [2.75, 3.05) is 26.0 Å². The van der Waals surface area contributed by atoms with E-state index in [2.05, 4.69) is 10.3 Å². The van der Waals surface area contributed by atoms with E-state index in [0.29, 0.717) is 19.6 Å². The molecular weight excluding hydrogens is 324 g/mol. The number of hydrogen-bond acceptors (Lipinski definition) is 5. The molecule has 2 heterocycles. The Morgan fingerprint density at radius 3 is 3.08 bits per heavy atom. The molecule has 2 aromatic rings. The highest BCUT2D eigenvalue weighted by molar-refractivity contribution is 7.99. The molecule has 1 atom stereocenters. The zero-order chi connectivity index (χ0) is 16.8. The molecule has 0 unspecified atom stereocenters. The summed E-state index contributed by atoms with van der Waals surface area (Å²) in [7, 11) is 1.62. The second-order valence-corrected chi connectivity index (χ2v) is 6.58. The van der Waals surface area contributed by atoms with Crippen LogP contribution in [-0.2, 0) is 11.2 Å². The van der Waals surface area contributed by atoms with Crippen LogP contribution in [0.5, 0.6) is 11.5 Å². The summed E-state index contributed by atoms with van der Waals surface area (Å²) in [5.41, 5.74) is 1.02. The number of aromatic nitrogens is 1. The van der Waals surface area contributed by atoms with Crippen molar-refractivity contribution in [3.63, 3.8) is 0 Å². The summed E-state index contributed by atoms with van der Waals surface area (Å²) in [6.45, 7) is 0.994. The summed E-state index contributed by atoms with van der Waals surface area (Å²) in [4.78, 5) is 16.6. The molecule has 0 bridgehead atoms. The number of benzene rings is 1. The van der Waals surface area contributed by atoms with Crippen LogP contribution in [0.3, 0.4) is 0 Å². The number of para-hydroxylation sites is 1. The molecule has 126 valence electrons. The highest BCUT2D eigenvalue weighted by Crippen LogP contribution is 2.35. The van der Waals surface area contributed by atoms with Crippen LogP contribution in [0.2, 0.25) is 0 Å². The van der Waals surface area contributed by atoms with Gasteiger partial charge in [-0.2, -0.15) is 0 Å². The fourth-order valence-electron chi connectivity index (χ4n) is 2.63. The van der Waals surface area contributed by atoms with Crippen molar-refractivity contribution in [2.45, 2.75) is 11.4 Å². The van der Waals surface area contributed by atoms with Gasteiger partial charge in [0.05, 0.1) is 18.1 Å². The third-order valence-corrected chi connectivity index (χ3v) is 4.78. The lowest BCUT2D eigenvalue weighted by Gasteiger charge is -2.25. The molecule has 1 aliphatic heterocycles. The number of pyridine rings is 1. The van der Waals surface area contributed by atoms with Gasteiger partial charge in [-0.05, 0) is 30.2 Å². The third kappa shape index (κ3) is 4.00. The maximum absolute atomic E-state index is 12.3. The minimum Gasteiger partial charge on any atom is -0.493 e. The topological polar surface area (TPSA) is 60.5 Å². The fourth-order valence-corrected chi connectivity index (χ4v) is 3.35. The number of carbonyl (C=O) groups excluding carboxylic acids is 1. The normalized spacial score (nSPS) is 16.0. The number of nitrogens with zero attached hydrogens (tertiary/aromatic N) is 1. The van der Waals surface area contributed by atoms with E-state index in [-0.39, 0.29) is 11.8 Å². The summed E-state index contributed by atoms with van der Waals surface area (Å²) < 4.78 is 11.0. The van der Waals surface area contributed by atoms with Gasteiger partial charge in [0.25, 0.3) is 0 Å². The van der Waals surface area contributed by atoms with Crippen molar-refractivity contribution < 1.29 is 14.3 Å². The van der Waals surface area contributed by atoms with Gasteiger partial charge >= 0.3 is 0 Å². The van der Waals surface area contributed by atoms with Gasteiger partial charge in [-0.1, -0.05) is 18.2 Å². The molecule has 1 aromatic heterocycles. The molecule has 0 spiro atoms. The first kappa shape index (κ1) is 16.6. The lowest BCUT2D eigenvalue weighted by Crippen LogP contribution is -2.38. The van der Waals surface area contributed by atoms with Gasteiger partial charge < -0.3 is 14.8 Å². The fraction of sp³-hybridized carbons (Fsp3) is 0.333. The summed E-state index contributed by atoms with van der Waals surface area (Å²) in [5, 5.41) is 3.95. The zero-order valence-corrected chi connectivity index (χ0v) is 14.3. The Morgan fingerprint density at radius 1 is 1.38 bits per heavy atom. The molecule has 0 radical (unpaired) electrons. The maximum Gasteiger partial charge on any atom is 0.226 e. The van der Waals surface area contributed by atoms with Crippen molar-refractivity contribution in [2.24, 2.45) is 5.92 Å². The van der Waals surface area contributed by atoms with E-state index >= 15 is 0 Å². The minimum absolute atomic E-state index is 0.0325. The molecule has 1 aromatic carbocycles. The zero-order valence-electron chi connectivity index (χ0n) is 13.5. The van der Waals surface area contributed by atoms with Gasteiger partial charge in [-0.25, -0.2) is 4.98 Å². The summed E-state index contributed by atoms with van der Waals surface area (Å²) in [6, 6.07) is 11.6. The number of methoxy groups -OCH3 is 1. The minimum atomic E-state index is -0.163. The van der Waals surface area contributed by atoms with Gasteiger partial charge in [-0.15, -0.1) is 11.8 Å². The average Bonchev–Trinajstić information content (AvgIpc) is 2.65. The number of amides is 1. The number of rotatable bonds is 6. The molecule has 0 aliphatic carbocycles. The van der Waals surface area contributed by atoms with E-state index in [1.807, 2.05) is 36.4 Å². The Balaban J connectivity index is 1.48. The summed E-state index contributed by atoms with van der Waals surface area (Å²) in [6.07, 6.45) is 2.44. The number of ether oxygens (including phenoxy) is 2. The standard InChI is InChI=1S/C18H20N2O3S/c1-22-15-6-4-5-13-11-14(12-23-17(13)15)18(21)20-9-10-24-16-7-2-3-8-19-16/h2-8,14H,9-12H2,1H3,(H,20,21)/t14-/m1/s1. The molecule has 6 heteroatoms. The predicted octanol–water partition coefficient (Wildman–Crippen LogP) is 2.55. The van der Waals surface area contributed by atoms with E-state index in [4.69, 9.17) is 9.47 Å². The lowest BCUT2D eigenvalue weighted by atomic mass is 9.95. The molecule has 0 saturated heterocycles. The maximum atomic E-state index is 12.3. The quantitative estimate of drug-likeness (QED) is 0.645. The second kappa shape index (κ2) is 8.06. The Hall–Kier alpha value is -2.21. The first-order valence-corrected chi connectivity index (χ1v) is 8.86. The van der Waals surface area contributed by atoms with Crippen LogP contribution in [-0.4, -0.2) is 36.9 Å². The Morgan fingerprint density at radius 2 is 2.29 bits per heavy atom. The van der Waals surface area contributed by atoms with Crippen molar-refractivity contribution in [3.8, 4) is 11.5 Å². The highest BCUT2D eigenvalue weighted by Gasteiger charge is 2.27. The SMILES string of the molecule is COc1cccc2c1OC[C@H](C(=O)NCCSc1ccccn1)C2. The van der Waals surface area contributed by atoms with Gasteiger partial charge in [0, 0.05) is 18.5 Å². The van der Waals surface area contributed by atoms with Gasteiger partial charge in [-0.3, -0.25) is 4.79 Å². The van der Waals surface area contributed by atoms with Crippen LogP contribution in [0.15, 0.2) is 47.6 Å². The monoisotopic (exact) mass is 344 g/mol. The molecule has 1 N–H and O–H groups in total. The Labute approximate surface area is 145 Å². The van der Waals surface area contributed by atoms with Crippen LogP contribution in [0.25, 0.3) is 0 Å².